The molecule has 2 fully saturated rings. The normalized spacial score (nSPS) is 19.6. The number of nitrogens with two attached hydrogens (primary N) is 1. The average Bonchev–Trinajstić information content (AvgIpc) is 2.46. The molecule has 0 spiro atoms. The molecule has 0 unspecified atom stereocenters. The van der Waals surface area contributed by atoms with Crippen LogP contribution in [0.25, 0.3) is 0 Å². The topological polar surface area (TPSA) is 44.9 Å². The lowest BCUT2D eigenvalue weighted by atomic mass is 9.86. The highest BCUT2D eigenvalue weighted by Crippen LogP contribution is 2.26. The molecule has 122 valence electrons. The zero-order chi connectivity index (χ0) is 14.7. The van der Waals surface area contributed by atoms with Crippen molar-refractivity contribution in [2.45, 2.75) is 19.3 Å². The summed E-state index contributed by atoms with van der Waals surface area (Å²) in [4.78, 5) is 8.69. The van der Waals surface area contributed by atoms with E-state index in [1.807, 2.05) is 12.1 Å². The van der Waals surface area contributed by atoms with E-state index in [9.17, 15) is 4.39 Å². The van der Waals surface area contributed by atoms with Gasteiger partial charge in [-0.15, -0.1) is 24.0 Å². The molecule has 0 bridgehead atoms. The number of rotatable bonds is 3. The van der Waals surface area contributed by atoms with Gasteiger partial charge in [-0.05, 0) is 30.9 Å². The van der Waals surface area contributed by atoms with Crippen LogP contribution >= 0.6 is 24.0 Å². The molecule has 0 radical (unpaired) electrons. The summed E-state index contributed by atoms with van der Waals surface area (Å²) in [5.41, 5.74) is 6.76. The molecule has 0 aromatic heterocycles. The Morgan fingerprint density at radius 3 is 2.45 bits per heavy atom. The van der Waals surface area contributed by atoms with Crippen molar-refractivity contribution in [3.8, 4) is 0 Å². The third kappa shape index (κ3) is 4.02. The van der Waals surface area contributed by atoms with E-state index >= 15 is 0 Å². The minimum Gasteiger partial charge on any atom is -0.370 e. The van der Waals surface area contributed by atoms with Crippen molar-refractivity contribution >= 4 is 35.6 Å². The molecular weight excluding hydrogens is 394 g/mol. The highest BCUT2D eigenvalue weighted by Gasteiger charge is 2.21. The molecule has 1 saturated heterocycles. The maximum absolute atomic E-state index is 13.8. The summed E-state index contributed by atoms with van der Waals surface area (Å²) in [6.07, 6.45) is 3.91. The second-order valence-corrected chi connectivity index (χ2v) is 5.92. The largest absolute Gasteiger partial charge is 0.370 e. The minimum absolute atomic E-state index is 0. The number of hydrogen-bond acceptors (Lipinski definition) is 2. The van der Waals surface area contributed by atoms with Gasteiger partial charge in [0.25, 0.3) is 0 Å². The van der Waals surface area contributed by atoms with Crippen molar-refractivity contribution < 1.29 is 4.39 Å². The van der Waals surface area contributed by atoms with E-state index in [0.29, 0.717) is 11.6 Å². The number of benzene rings is 1. The van der Waals surface area contributed by atoms with Crippen LogP contribution in [0, 0.1) is 11.7 Å². The number of guanidine groups is 1. The Morgan fingerprint density at radius 1 is 1.18 bits per heavy atom. The molecule has 3 rings (SSSR count). The molecule has 2 N–H and O–H groups in total. The number of hydrogen-bond donors (Lipinski definition) is 1. The van der Waals surface area contributed by atoms with Gasteiger partial charge in [0.05, 0.1) is 5.69 Å². The molecule has 1 saturated carbocycles. The van der Waals surface area contributed by atoms with Gasteiger partial charge in [-0.25, -0.2) is 4.39 Å². The van der Waals surface area contributed by atoms with Gasteiger partial charge in [-0.1, -0.05) is 18.6 Å². The summed E-state index contributed by atoms with van der Waals surface area (Å²) in [6, 6.07) is 6.94. The molecule has 2 aliphatic rings. The Kier molecular flexibility index (Phi) is 6.28. The second kappa shape index (κ2) is 7.99. The first-order valence-corrected chi connectivity index (χ1v) is 7.78. The van der Waals surface area contributed by atoms with Crippen molar-refractivity contribution in [2.24, 2.45) is 16.6 Å². The smallest absolute Gasteiger partial charge is 0.191 e. The quantitative estimate of drug-likeness (QED) is 0.467. The summed E-state index contributed by atoms with van der Waals surface area (Å²) in [5, 5.41) is 0. The van der Waals surface area contributed by atoms with E-state index in [1.165, 1.54) is 25.3 Å². The van der Waals surface area contributed by atoms with Crippen LogP contribution in [0.3, 0.4) is 0 Å². The van der Waals surface area contributed by atoms with Gasteiger partial charge >= 0.3 is 0 Å². The average molecular weight is 418 g/mol. The van der Waals surface area contributed by atoms with Crippen LogP contribution in [-0.2, 0) is 0 Å². The van der Waals surface area contributed by atoms with Crippen molar-refractivity contribution in [3.63, 3.8) is 0 Å². The molecule has 6 heteroatoms. The summed E-state index contributed by atoms with van der Waals surface area (Å²) in [5.74, 6) is 1.23. The predicted molar refractivity (Wildman–Crippen MR) is 99.4 cm³/mol. The standard InChI is InChI=1S/C16H23FN4.HI/c17-14-6-1-2-7-15(14)20-8-10-21(11-9-20)16(18)19-12-13-4-3-5-13;/h1-2,6-7,13H,3-5,8-12H2,(H2,18,19);1H. The van der Waals surface area contributed by atoms with Gasteiger partial charge in [-0.2, -0.15) is 0 Å². The molecule has 1 aliphatic heterocycles. The number of nitrogens with zero attached hydrogens (tertiary/aromatic N) is 3. The van der Waals surface area contributed by atoms with E-state index in [-0.39, 0.29) is 29.8 Å². The monoisotopic (exact) mass is 418 g/mol. The van der Waals surface area contributed by atoms with Crippen LogP contribution in [0.2, 0.25) is 0 Å². The lowest BCUT2D eigenvalue weighted by Crippen LogP contribution is -2.51. The van der Waals surface area contributed by atoms with Crippen LogP contribution in [0.4, 0.5) is 10.1 Å². The lowest BCUT2D eigenvalue weighted by Gasteiger charge is -2.37. The Bertz CT molecular complexity index is 511. The summed E-state index contributed by atoms with van der Waals surface area (Å²) < 4.78 is 13.8. The molecule has 1 aromatic carbocycles. The molecule has 0 amide bonds. The first-order valence-electron chi connectivity index (χ1n) is 7.78. The molecular formula is C16H24FIN4. The van der Waals surface area contributed by atoms with Crippen molar-refractivity contribution in [1.82, 2.24) is 4.90 Å². The second-order valence-electron chi connectivity index (χ2n) is 5.92. The highest BCUT2D eigenvalue weighted by atomic mass is 127. The third-order valence-electron chi connectivity index (χ3n) is 4.53. The molecule has 1 aromatic rings. The first-order chi connectivity index (χ1) is 10.2. The van der Waals surface area contributed by atoms with Gasteiger partial charge in [0.1, 0.15) is 5.82 Å². The SMILES string of the molecule is I.NC(=NCC1CCC1)N1CCN(c2ccccc2F)CC1. The van der Waals surface area contributed by atoms with E-state index in [2.05, 4.69) is 14.8 Å². The maximum atomic E-state index is 13.8. The number of aliphatic imine (C=N–C) groups is 1. The van der Waals surface area contributed by atoms with Crippen LogP contribution in [0.5, 0.6) is 0 Å². The van der Waals surface area contributed by atoms with Gasteiger partial charge in [0.15, 0.2) is 5.96 Å². The number of anilines is 1. The first kappa shape index (κ1) is 17.3. The lowest BCUT2D eigenvalue weighted by molar-refractivity contribution is 0.322. The van der Waals surface area contributed by atoms with Crippen molar-refractivity contribution in [2.75, 3.05) is 37.6 Å². The highest BCUT2D eigenvalue weighted by molar-refractivity contribution is 14.0. The number of piperazine rings is 1. The van der Waals surface area contributed by atoms with Crippen molar-refractivity contribution in [3.05, 3.63) is 30.1 Å². The molecule has 22 heavy (non-hydrogen) atoms. The van der Waals surface area contributed by atoms with Crippen LogP contribution in [0.1, 0.15) is 19.3 Å². The van der Waals surface area contributed by atoms with E-state index in [1.54, 1.807) is 6.07 Å². The predicted octanol–water partition coefficient (Wildman–Crippen LogP) is 2.68. The van der Waals surface area contributed by atoms with Gasteiger partial charge in [0, 0.05) is 32.7 Å². The maximum Gasteiger partial charge on any atom is 0.191 e. The van der Waals surface area contributed by atoms with Crippen LogP contribution in [-0.4, -0.2) is 43.6 Å². The number of halogens is 2. The van der Waals surface area contributed by atoms with Gasteiger partial charge in [0.2, 0.25) is 0 Å². The van der Waals surface area contributed by atoms with E-state index in [0.717, 1.165) is 38.6 Å². The Hall–Kier alpha value is -1.05. The van der Waals surface area contributed by atoms with Gasteiger partial charge in [-0.3, -0.25) is 4.99 Å². The zero-order valence-electron chi connectivity index (χ0n) is 12.7. The summed E-state index contributed by atoms with van der Waals surface area (Å²) in [6.45, 7) is 4.02. The Morgan fingerprint density at radius 2 is 1.86 bits per heavy atom. The fourth-order valence-corrected chi connectivity index (χ4v) is 2.88. The third-order valence-corrected chi connectivity index (χ3v) is 4.53. The Balaban J connectivity index is 0.00000176. The summed E-state index contributed by atoms with van der Waals surface area (Å²) >= 11 is 0. The fourth-order valence-electron chi connectivity index (χ4n) is 2.88. The van der Waals surface area contributed by atoms with Crippen LogP contribution in [0.15, 0.2) is 29.3 Å². The van der Waals surface area contributed by atoms with Gasteiger partial charge < -0.3 is 15.5 Å². The van der Waals surface area contributed by atoms with Crippen molar-refractivity contribution in [1.29, 1.82) is 0 Å². The zero-order valence-corrected chi connectivity index (χ0v) is 15.1. The fraction of sp³-hybridized carbons (Fsp3) is 0.562. The molecule has 0 atom stereocenters. The van der Waals surface area contributed by atoms with E-state index in [4.69, 9.17) is 5.73 Å². The molecule has 1 aliphatic carbocycles. The minimum atomic E-state index is -0.155. The van der Waals surface area contributed by atoms with Crippen LogP contribution < -0.4 is 10.6 Å². The molecule has 4 nitrogen and oxygen atoms in total. The Labute approximate surface area is 148 Å². The van der Waals surface area contributed by atoms with E-state index < -0.39 is 0 Å². The molecule has 1 heterocycles. The number of para-hydroxylation sites is 1. The summed E-state index contributed by atoms with van der Waals surface area (Å²) in [7, 11) is 0.